The zero-order valence-electron chi connectivity index (χ0n) is 16.9. The Labute approximate surface area is 178 Å². The molecule has 154 valence electrons. The molecule has 0 atom stereocenters. The molecule has 0 radical (unpaired) electrons. The molecule has 2 aromatic carbocycles. The van der Waals surface area contributed by atoms with Crippen LogP contribution in [0.5, 0.6) is 5.88 Å². The molecule has 3 aromatic heterocycles. The highest BCUT2D eigenvalue weighted by atomic mass is 19.1. The van der Waals surface area contributed by atoms with Gasteiger partial charge in [-0.3, -0.25) is 4.40 Å². The monoisotopic (exact) mass is 413 g/mol. The SMILES string of the molecule is Cc1ccc(Cc2nc3c(Cc4ccccc4F)nc(-c4ccccc4)cn3c2O)o1. The van der Waals surface area contributed by atoms with Gasteiger partial charge in [0.2, 0.25) is 5.88 Å². The summed E-state index contributed by atoms with van der Waals surface area (Å²) in [4.78, 5) is 9.43. The summed E-state index contributed by atoms with van der Waals surface area (Å²) >= 11 is 0. The summed E-state index contributed by atoms with van der Waals surface area (Å²) in [5.41, 5.74) is 3.66. The standard InChI is InChI=1S/C25H20FN3O2/c1-16-11-12-19(31-16)14-22-25(30)29-15-23(17-7-3-2-4-8-17)27-21(24(29)28-22)13-18-9-5-6-10-20(18)26/h2-12,15,30H,13-14H2,1H3. The second-order valence-corrected chi connectivity index (χ2v) is 7.47. The van der Waals surface area contributed by atoms with Crippen LogP contribution in [0.15, 0.2) is 77.3 Å². The first-order chi connectivity index (χ1) is 15.1. The summed E-state index contributed by atoms with van der Waals surface area (Å²) in [6.07, 6.45) is 2.36. The van der Waals surface area contributed by atoms with Crippen LogP contribution in [0.25, 0.3) is 16.9 Å². The molecule has 0 spiro atoms. The molecule has 5 aromatic rings. The molecule has 5 rings (SSSR count). The van der Waals surface area contributed by atoms with Crippen LogP contribution in [0.4, 0.5) is 4.39 Å². The van der Waals surface area contributed by atoms with Crippen molar-refractivity contribution in [1.29, 1.82) is 0 Å². The van der Waals surface area contributed by atoms with Crippen LogP contribution < -0.4 is 0 Å². The fourth-order valence-corrected chi connectivity index (χ4v) is 3.70. The maximum Gasteiger partial charge on any atom is 0.219 e. The molecule has 0 aliphatic heterocycles. The van der Waals surface area contributed by atoms with E-state index in [1.54, 1.807) is 28.8 Å². The Balaban J connectivity index is 1.66. The van der Waals surface area contributed by atoms with Crippen molar-refractivity contribution in [2.45, 2.75) is 19.8 Å². The number of halogens is 1. The molecule has 31 heavy (non-hydrogen) atoms. The molecule has 1 N–H and O–H groups in total. The third-order valence-electron chi connectivity index (χ3n) is 5.24. The van der Waals surface area contributed by atoms with Crippen LogP contribution in [0, 0.1) is 12.7 Å². The van der Waals surface area contributed by atoms with Gasteiger partial charge >= 0.3 is 0 Å². The van der Waals surface area contributed by atoms with Crippen LogP contribution in [-0.4, -0.2) is 19.5 Å². The molecule has 0 unspecified atom stereocenters. The summed E-state index contributed by atoms with van der Waals surface area (Å²) in [5, 5.41) is 10.9. The van der Waals surface area contributed by atoms with Crippen molar-refractivity contribution in [3.8, 4) is 17.1 Å². The molecule has 0 bridgehead atoms. The van der Waals surface area contributed by atoms with Crippen LogP contribution >= 0.6 is 0 Å². The predicted octanol–water partition coefficient (Wildman–Crippen LogP) is 5.32. The van der Waals surface area contributed by atoms with Gasteiger partial charge in [0.1, 0.15) is 23.0 Å². The summed E-state index contributed by atoms with van der Waals surface area (Å²) in [6.45, 7) is 1.87. The molecular weight excluding hydrogens is 393 g/mol. The number of imidazole rings is 1. The van der Waals surface area contributed by atoms with E-state index in [9.17, 15) is 9.50 Å². The van der Waals surface area contributed by atoms with Gasteiger partial charge in [-0.2, -0.15) is 0 Å². The van der Waals surface area contributed by atoms with Gasteiger partial charge in [0, 0.05) is 18.2 Å². The van der Waals surface area contributed by atoms with E-state index in [1.165, 1.54) is 6.07 Å². The number of aromatic hydroxyl groups is 1. The third-order valence-corrected chi connectivity index (χ3v) is 5.24. The van der Waals surface area contributed by atoms with E-state index >= 15 is 0 Å². The lowest BCUT2D eigenvalue weighted by molar-refractivity contribution is 0.436. The van der Waals surface area contributed by atoms with E-state index in [2.05, 4.69) is 4.98 Å². The van der Waals surface area contributed by atoms with E-state index < -0.39 is 0 Å². The number of furan rings is 1. The number of hydrogen-bond acceptors (Lipinski definition) is 4. The minimum absolute atomic E-state index is 0.0263. The molecule has 6 heteroatoms. The summed E-state index contributed by atoms with van der Waals surface area (Å²) < 4.78 is 21.6. The van der Waals surface area contributed by atoms with Crippen LogP contribution in [0.3, 0.4) is 0 Å². The average molecular weight is 413 g/mol. The minimum Gasteiger partial charge on any atom is -0.493 e. The summed E-state index contributed by atoms with van der Waals surface area (Å²) in [5.74, 6) is 1.24. The number of rotatable bonds is 5. The number of hydrogen-bond donors (Lipinski definition) is 1. The van der Waals surface area contributed by atoms with Gasteiger partial charge in [0.15, 0.2) is 5.65 Å². The lowest BCUT2D eigenvalue weighted by atomic mass is 10.1. The minimum atomic E-state index is -0.297. The van der Waals surface area contributed by atoms with Crippen molar-refractivity contribution in [2.24, 2.45) is 0 Å². The van der Waals surface area contributed by atoms with E-state index in [0.717, 1.165) is 11.3 Å². The fraction of sp³-hybridized carbons (Fsp3) is 0.120. The Kier molecular flexibility index (Phi) is 4.75. The van der Waals surface area contributed by atoms with Gasteiger partial charge in [-0.05, 0) is 30.7 Å². The van der Waals surface area contributed by atoms with E-state index in [-0.39, 0.29) is 18.1 Å². The number of aromatic nitrogens is 3. The maximum atomic E-state index is 14.4. The first-order valence-corrected chi connectivity index (χ1v) is 10.0. The average Bonchev–Trinajstić information content (AvgIpc) is 3.33. The number of fused-ring (bicyclic) bond motifs is 1. The normalized spacial score (nSPS) is 11.3. The highest BCUT2D eigenvalue weighted by molar-refractivity contribution is 5.63. The Hall–Kier alpha value is -3.93. The first-order valence-electron chi connectivity index (χ1n) is 10.0. The molecule has 5 nitrogen and oxygen atoms in total. The number of benzene rings is 2. The van der Waals surface area contributed by atoms with Crippen molar-refractivity contribution >= 4 is 5.65 Å². The first kappa shape index (κ1) is 19.1. The quantitative estimate of drug-likeness (QED) is 0.423. The van der Waals surface area contributed by atoms with Crippen molar-refractivity contribution in [2.75, 3.05) is 0 Å². The topological polar surface area (TPSA) is 63.6 Å². The van der Waals surface area contributed by atoms with Crippen molar-refractivity contribution in [1.82, 2.24) is 14.4 Å². The molecule has 0 saturated carbocycles. The second kappa shape index (κ2) is 7.72. The fourth-order valence-electron chi connectivity index (χ4n) is 3.70. The zero-order chi connectivity index (χ0) is 21.4. The van der Waals surface area contributed by atoms with Gasteiger partial charge in [0.25, 0.3) is 0 Å². The highest BCUT2D eigenvalue weighted by Gasteiger charge is 2.19. The van der Waals surface area contributed by atoms with E-state index in [4.69, 9.17) is 9.40 Å². The summed E-state index contributed by atoms with van der Waals surface area (Å²) in [7, 11) is 0. The Morgan fingerprint density at radius 2 is 1.68 bits per heavy atom. The molecule has 0 amide bonds. The molecule has 0 aliphatic rings. The van der Waals surface area contributed by atoms with E-state index in [1.807, 2.05) is 49.4 Å². The second-order valence-electron chi connectivity index (χ2n) is 7.47. The van der Waals surface area contributed by atoms with Gasteiger partial charge in [0.05, 0.1) is 17.8 Å². The molecule has 0 aliphatic carbocycles. The molecule has 3 heterocycles. The van der Waals surface area contributed by atoms with Crippen molar-refractivity contribution < 1.29 is 13.9 Å². The van der Waals surface area contributed by atoms with Crippen LogP contribution in [0.2, 0.25) is 0 Å². The Morgan fingerprint density at radius 1 is 0.903 bits per heavy atom. The van der Waals surface area contributed by atoms with Crippen LogP contribution in [0.1, 0.15) is 28.5 Å². The van der Waals surface area contributed by atoms with E-state index in [0.29, 0.717) is 40.5 Å². The smallest absolute Gasteiger partial charge is 0.219 e. The van der Waals surface area contributed by atoms with Gasteiger partial charge < -0.3 is 9.52 Å². The van der Waals surface area contributed by atoms with Gasteiger partial charge in [-0.15, -0.1) is 0 Å². The molecular formula is C25H20FN3O2. The molecule has 0 saturated heterocycles. The van der Waals surface area contributed by atoms with Crippen molar-refractivity contribution in [3.05, 3.63) is 107 Å². The lowest BCUT2D eigenvalue weighted by Gasteiger charge is -2.09. The largest absolute Gasteiger partial charge is 0.493 e. The Morgan fingerprint density at radius 3 is 2.42 bits per heavy atom. The van der Waals surface area contributed by atoms with Gasteiger partial charge in [-0.25, -0.2) is 14.4 Å². The van der Waals surface area contributed by atoms with Gasteiger partial charge in [-0.1, -0.05) is 48.5 Å². The number of nitrogens with zero attached hydrogens (tertiary/aromatic N) is 3. The van der Waals surface area contributed by atoms with Crippen molar-refractivity contribution in [3.63, 3.8) is 0 Å². The predicted molar refractivity (Wildman–Crippen MR) is 116 cm³/mol. The zero-order valence-corrected chi connectivity index (χ0v) is 16.9. The lowest BCUT2D eigenvalue weighted by Crippen LogP contribution is -2.02. The maximum absolute atomic E-state index is 14.4. The summed E-state index contributed by atoms with van der Waals surface area (Å²) in [6, 6.07) is 20.0. The van der Waals surface area contributed by atoms with Crippen LogP contribution in [-0.2, 0) is 12.8 Å². The third kappa shape index (κ3) is 3.68. The Bertz CT molecular complexity index is 1370. The number of aryl methyl sites for hydroxylation is 1. The highest BCUT2D eigenvalue weighted by Crippen LogP contribution is 2.28. The molecule has 0 fully saturated rings.